The van der Waals surface area contributed by atoms with Crippen molar-refractivity contribution in [3.8, 4) is 17.0 Å². The first-order valence-corrected chi connectivity index (χ1v) is 9.23. The van der Waals surface area contributed by atoms with E-state index >= 15 is 0 Å². The summed E-state index contributed by atoms with van der Waals surface area (Å²) in [5.41, 5.74) is 0.268. The molecule has 0 aliphatic carbocycles. The van der Waals surface area contributed by atoms with E-state index in [0.717, 1.165) is 6.07 Å². The number of alkyl halides is 3. The number of nitrogens with one attached hydrogen (secondary N) is 1. The van der Waals surface area contributed by atoms with Crippen LogP contribution in [0.1, 0.15) is 29.4 Å². The summed E-state index contributed by atoms with van der Waals surface area (Å²) < 4.78 is 44.6. The molecule has 30 heavy (non-hydrogen) atoms. The van der Waals surface area contributed by atoms with Crippen molar-refractivity contribution in [3.05, 3.63) is 41.3 Å². The number of hydrogen-bond acceptors (Lipinski definition) is 6. The number of phenols is 1. The van der Waals surface area contributed by atoms with Gasteiger partial charge in [-0.2, -0.15) is 18.2 Å². The van der Waals surface area contributed by atoms with Gasteiger partial charge in [-0.1, -0.05) is 0 Å². The molecule has 1 fully saturated rings. The molecule has 1 aromatic carbocycles. The van der Waals surface area contributed by atoms with Crippen LogP contribution in [-0.4, -0.2) is 39.2 Å². The van der Waals surface area contributed by atoms with Crippen LogP contribution in [-0.2, 0) is 11.0 Å². The van der Waals surface area contributed by atoms with Crippen molar-refractivity contribution in [2.75, 3.05) is 13.2 Å². The quantitative estimate of drug-likeness (QED) is 0.600. The predicted octanol–water partition coefficient (Wildman–Crippen LogP) is 3.13. The van der Waals surface area contributed by atoms with E-state index in [2.05, 4.69) is 15.3 Å². The van der Waals surface area contributed by atoms with Gasteiger partial charge < -0.3 is 19.9 Å². The smallest absolute Gasteiger partial charge is 0.416 e. The third kappa shape index (κ3) is 3.58. The molecule has 1 aliphatic heterocycles. The van der Waals surface area contributed by atoms with Gasteiger partial charge in [0.2, 0.25) is 11.8 Å². The topological polar surface area (TPSA) is 108 Å². The molecule has 3 N–H and O–H groups in total. The second-order valence-electron chi connectivity index (χ2n) is 7.31. The predicted molar refractivity (Wildman–Crippen MR) is 99.6 cm³/mol. The van der Waals surface area contributed by atoms with Crippen molar-refractivity contribution < 1.29 is 32.6 Å². The molecular weight excluding hydrogens is 403 g/mol. The maximum atomic E-state index is 13.0. The molecular formula is C20H18F3N3O4. The molecule has 1 saturated heterocycles. The Morgan fingerprint density at radius 2 is 2.03 bits per heavy atom. The molecule has 7 nitrogen and oxygen atoms in total. The summed E-state index contributed by atoms with van der Waals surface area (Å²) in [6, 6.07) is 4.71. The van der Waals surface area contributed by atoms with Crippen molar-refractivity contribution in [2.24, 2.45) is 5.92 Å². The number of oxazole rings is 1. The summed E-state index contributed by atoms with van der Waals surface area (Å²) in [4.78, 5) is 20.3. The Balaban J connectivity index is 1.72. The van der Waals surface area contributed by atoms with Gasteiger partial charge in [0.25, 0.3) is 0 Å². The Hall–Kier alpha value is -3.14. The fourth-order valence-electron chi connectivity index (χ4n) is 3.72. The number of nitrogens with zero attached hydrogens (tertiary/aromatic N) is 2. The van der Waals surface area contributed by atoms with E-state index in [1.54, 1.807) is 6.07 Å². The molecule has 10 heteroatoms. The number of phenolic OH excluding ortho intramolecular Hbond substituents is 1. The number of carbonyl (C=O) groups is 1. The second kappa shape index (κ2) is 7.28. The van der Waals surface area contributed by atoms with E-state index in [4.69, 9.17) is 4.42 Å². The van der Waals surface area contributed by atoms with Gasteiger partial charge in [-0.25, -0.2) is 4.98 Å². The number of rotatable bonds is 3. The lowest BCUT2D eigenvalue weighted by atomic mass is 9.86. The molecule has 4 rings (SSSR count). The Morgan fingerprint density at radius 1 is 1.27 bits per heavy atom. The average molecular weight is 421 g/mol. The molecule has 1 amide bonds. The van der Waals surface area contributed by atoms with Crippen LogP contribution in [0.2, 0.25) is 0 Å². The van der Waals surface area contributed by atoms with Crippen LogP contribution in [0.5, 0.6) is 5.75 Å². The largest absolute Gasteiger partial charge is 0.507 e. The van der Waals surface area contributed by atoms with Crippen LogP contribution < -0.4 is 5.32 Å². The van der Waals surface area contributed by atoms with E-state index in [0.29, 0.717) is 17.5 Å². The maximum Gasteiger partial charge on any atom is 0.416 e. The number of benzene rings is 1. The fourth-order valence-corrected chi connectivity index (χ4v) is 3.72. The van der Waals surface area contributed by atoms with Gasteiger partial charge in [-0.3, -0.25) is 4.79 Å². The number of aryl methyl sites for hydroxylation is 1. The molecule has 2 unspecified atom stereocenters. The van der Waals surface area contributed by atoms with Crippen molar-refractivity contribution in [1.82, 2.24) is 15.3 Å². The van der Waals surface area contributed by atoms with Crippen LogP contribution >= 0.6 is 0 Å². The summed E-state index contributed by atoms with van der Waals surface area (Å²) in [7, 11) is 0. The monoisotopic (exact) mass is 421 g/mol. The zero-order valence-electron chi connectivity index (χ0n) is 15.8. The van der Waals surface area contributed by atoms with Crippen LogP contribution in [0.3, 0.4) is 0 Å². The van der Waals surface area contributed by atoms with E-state index < -0.39 is 17.5 Å². The number of hydrogen-bond donors (Lipinski definition) is 3. The number of aliphatic hydroxyl groups is 1. The van der Waals surface area contributed by atoms with Gasteiger partial charge in [0, 0.05) is 31.1 Å². The van der Waals surface area contributed by atoms with Gasteiger partial charge in [0.15, 0.2) is 11.2 Å². The van der Waals surface area contributed by atoms with E-state index in [-0.39, 0.29) is 59.8 Å². The highest BCUT2D eigenvalue weighted by Crippen LogP contribution is 2.39. The lowest BCUT2D eigenvalue weighted by Crippen LogP contribution is -2.40. The summed E-state index contributed by atoms with van der Waals surface area (Å²) in [5.74, 6) is -1.05. The van der Waals surface area contributed by atoms with Gasteiger partial charge in [-0.15, -0.1) is 0 Å². The van der Waals surface area contributed by atoms with Gasteiger partial charge in [0.1, 0.15) is 5.75 Å². The van der Waals surface area contributed by atoms with Crippen molar-refractivity contribution >= 4 is 17.1 Å². The molecule has 158 valence electrons. The third-order valence-electron chi connectivity index (χ3n) is 5.26. The van der Waals surface area contributed by atoms with Crippen molar-refractivity contribution in [2.45, 2.75) is 25.4 Å². The molecule has 0 spiro atoms. The highest BCUT2D eigenvalue weighted by atomic mass is 19.4. The highest BCUT2D eigenvalue weighted by Gasteiger charge is 2.34. The Labute approximate surface area is 168 Å². The number of fused-ring (bicyclic) bond motifs is 1. The number of amides is 1. The standard InChI is InChI=1S/C20H18F3N3O4/c1-9-4-11(20(21,22)23)6-14(28)17(9)13-2-3-15-18(25-13)26-19(30-15)12-7-24-16(29)5-10(12)8-27/h2-4,6,10,12,27-28H,5,7-8H2,1H3,(H,24,29). The normalized spacial score (nSPS) is 19.8. The molecule has 0 radical (unpaired) electrons. The van der Waals surface area contributed by atoms with E-state index in [9.17, 15) is 28.2 Å². The number of halogens is 3. The Morgan fingerprint density at radius 3 is 2.70 bits per heavy atom. The van der Waals surface area contributed by atoms with Crippen LogP contribution in [0, 0.1) is 12.8 Å². The van der Waals surface area contributed by atoms with Crippen molar-refractivity contribution in [1.29, 1.82) is 0 Å². The number of piperidine rings is 1. The van der Waals surface area contributed by atoms with Crippen molar-refractivity contribution in [3.63, 3.8) is 0 Å². The van der Waals surface area contributed by atoms with Crippen LogP contribution in [0.25, 0.3) is 22.5 Å². The molecule has 0 bridgehead atoms. The lowest BCUT2D eigenvalue weighted by Gasteiger charge is -2.27. The minimum absolute atomic E-state index is 0.150. The summed E-state index contributed by atoms with van der Waals surface area (Å²) in [5, 5.41) is 22.5. The number of aromatic hydroxyl groups is 1. The lowest BCUT2D eigenvalue weighted by molar-refractivity contribution is -0.137. The summed E-state index contributed by atoms with van der Waals surface area (Å²) in [6.07, 6.45) is -4.42. The maximum absolute atomic E-state index is 13.0. The fraction of sp³-hybridized carbons (Fsp3) is 0.350. The second-order valence-corrected chi connectivity index (χ2v) is 7.31. The molecule has 2 aromatic heterocycles. The first kappa shape index (κ1) is 20.1. The zero-order chi connectivity index (χ0) is 21.6. The molecule has 1 aliphatic rings. The molecule has 3 aromatic rings. The van der Waals surface area contributed by atoms with E-state index in [1.807, 2.05) is 0 Å². The molecule has 3 heterocycles. The Kier molecular flexibility index (Phi) is 4.89. The van der Waals surface area contributed by atoms with Gasteiger partial charge in [-0.05, 0) is 36.8 Å². The van der Waals surface area contributed by atoms with Gasteiger partial charge in [0.05, 0.1) is 17.2 Å². The summed E-state index contributed by atoms with van der Waals surface area (Å²) >= 11 is 0. The number of carbonyl (C=O) groups excluding carboxylic acids is 1. The van der Waals surface area contributed by atoms with E-state index in [1.165, 1.54) is 13.0 Å². The minimum Gasteiger partial charge on any atom is -0.507 e. The minimum atomic E-state index is -4.57. The zero-order valence-corrected chi connectivity index (χ0v) is 15.8. The summed E-state index contributed by atoms with van der Waals surface area (Å²) in [6.45, 7) is 1.53. The van der Waals surface area contributed by atoms with Gasteiger partial charge >= 0.3 is 6.18 Å². The number of pyridine rings is 1. The third-order valence-corrected chi connectivity index (χ3v) is 5.26. The molecule has 2 atom stereocenters. The first-order chi connectivity index (χ1) is 14.2. The average Bonchev–Trinajstić information content (AvgIpc) is 3.09. The van der Waals surface area contributed by atoms with Crippen LogP contribution in [0.4, 0.5) is 13.2 Å². The number of aliphatic hydroxyl groups excluding tert-OH is 1. The Bertz CT molecular complexity index is 1100. The van der Waals surface area contributed by atoms with Crippen LogP contribution in [0.15, 0.2) is 28.7 Å². The SMILES string of the molecule is Cc1cc(C(F)(F)F)cc(O)c1-c1ccc2oc(C3CNC(=O)CC3CO)nc2n1. The highest BCUT2D eigenvalue weighted by molar-refractivity contribution is 5.79. The first-order valence-electron chi connectivity index (χ1n) is 9.23. The number of aromatic nitrogens is 2. The molecule has 0 saturated carbocycles.